The second-order valence-corrected chi connectivity index (χ2v) is 31.6. The van der Waals surface area contributed by atoms with Crippen LogP contribution in [0.1, 0.15) is 460 Å². The first-order valence-electron chi connectivity index (χ1n) is 42.2. The van der Waals surface area contributed by atoms with Gasteiger partial charge >= 0.3 is 0 Å². The van der Waals surface area contributed by atoms with Crippen LogP contribution in [0.4, 0.5) is 0 Å². The normalized spacial score (nSPS) is 11.8. The molecule has 0 saturated heterocycles. The van der Waals surface area contributed by atoms with Gasteiger partial charge < -0.3 is 0 Å². The van der Waals surface area contributed by atoms with Gasteiger partial charge in [-0.15, -0.1) is 0 Å². The summed E-state index contributed by atoms with van der Waals surface area (Å²) in [6, 6.07) is 23.8. The Morgan fingerprint density at radius 2 is 0.352 bits per heavy atom. The minimum atomic E-state index is -0.165. The predicted octanol–water partition coefficient (Wildman–Crippen LogP) is 31.6. The van der Waals surface area contributed by atoms with Crippen LogP contribution >= 0.6 is 0 Å². The van der Waals surface area contributed by atoms with E-state index in [1.54, 1.807) is 48.1 Å². The molecule has 0 nitrogen and oxygen atoms in total. The van der Waals surface area contributed by atoms with Crippen molar-refractivity contribution in [3.63, 3.8) is 0 Å². The molecule has 0 aliphatic rings. The first-order valence-corrected chi connectivity index (χ1v) is 43.4. The predicted molar refractivity (Wildman–Crippen MR) is 415 cm³/mol. The molecule has 0 aliphatic heterocycles. The number of hydrogen-bond donors (Lipinski definition) is 0. The van der Waals surface area contributed by atoms with Gasteiger partial charge in [-0.05, 0) is 100 Å². The summed E-state index contributed by atoms with van der Waals surface area (Å²) in [6.07, 6.45) is 92.0. The molecule has 1 heteroatoms. The van der Waals surface area contributed by atoms with E-state index in [1.807, 2.05) is 0 Å². The van der Waals surface area contributed by atoms with Crippen LogP contribution in [0.15, 0.2) is 69.3 Å². The van der Waals surface area contributed by atoms with Crippen LogP contribution in [0.3, 0.4) is 0 Å². The van der Waals surface area contributed by atoms with Crippen molar-refractivity contribution in [2.75, 3.05) is 0 Å². The lowest BCUT2D eigenvalue weighted by molar-refractivity contribution is 0.553. The highest BCUT2D eigenvalue weighted by molar-refractivity contribution is 7.97. The molecule has 0 aromatic heterocycles. The zero-order valence-electron chi connectivity index (χ0n) is 62.8. The molecule has 0 spiro atoms. The number of aryl methyl sites for hydroxylation is 6. The maximum atomic E-state index is 2.85. The number of benzene rings is 3. The highest BCUT2D eigenvalue weighted by atomic mass is 32.2. The van der Waals surface area contributed by atoms with Crippen molar-refractivity contribution in [1.29, 1.82) is 0 Å². The Hall–Kier alpha value is -1.99. The molecule has 0 saturated carbocycles. The molecule has 3 rings (SSSR count). The molecule has 3 aromatic rings. The molecule has 0 atom stereocenters. The van der Waals surface area contributed by atoms with E-state index in [0.29, 0.717) is 0 Å². The molecule has 3 aromatic carbocycles. The van der Waals surface area contributed by atoms with Gasteiger partial charge in [-0.3, -0.25) is 0 Å². The highest BCUT2D eigenvalue weighted by Gasteiger charge is 2.38. The van der Waals surface area contributed by atoms with E-state index in [0.717, 1.165) is 0 Å². The summed E-state index contributed by atoms with van der Waals surface area (Å²) in [5, 5.41) is 0. The number of rotatable bonds is 69. The van der Waals surface area contributed by atoms with Gasteiger partial charge in [-0.25, -0.2) is 0 Å². The molecule has 0 radical (unpaired) electrons. The Balaban J connectivity index is 2.21. The van der Waals surface area contributed by atoms with Crippen molar-refractivity contribution < 1.29 is 0 Å². The van der Waals surface area contributed by atoms with Gasteiger partial charge in [0, 0.05) is 22.3 Å². The fourth-order valence-electron chi connectivity index (χ4n) is 14.9. The molecule has 0 unspecified atom stereocenters. The monoisotopic (exact) mass is 1270 g/mol. The van der Waals surface area contributed by atoms with E-state index in [1.165, 1.54) is 424 Å². The summed E-state index contributed by atoms with van der Waals surface area (Å²) in [7, 11) is -0.165. The lowest BCUT2D eigenvalue weighted by Crippen LogP contribution is -2.17. The van der Waals surface area contributed by atoms with E-state index < -0.39 is 0 Å². The molecule has 0 N–H and O–H groups in total. The fourth-order valence-corrected chi connectivity index (χ4v) is 17.7. The average molecular weight is 1270 g/mol. The van der Waals surface area contributed by atoms with E-state index in [4.69, 9.17) is 0 Å². The van der Waals surface area contributed by atoms with Crippen LogP contribution in [0.2, 0.25) is 0 Å². The molecular weight excluding hydrogens is 1110 g/mol. The zero-order chi connectivity index (χ0) is 64.8. The Labute approximate surface area is 575 Å². The molecule has 0 bridgehead atoms. The van der Waals surface area contributed by atoms with Gasteiger partial charge in [0.25, 0.3) is 0 Å². The molecule has 524 valence electrons. The van der Waals surface area contributed by atoms with Crippen LogP contribution in [0.25, 0.3) is 0 Å². The van der Waals surface area contributed by atoms with Crippen molar-refractivity contribution >= 4 is 10.9 Å². The van der Waals surface area contributed by atoms with E-state index >= 15 is 0 Å². The second kappa shape index (κ2) is 62.8. The number of unbranched alkanes of at least 4 members (excludes halogenated alkanes) is 54. The summed E-state index contributed by atoms with van der Waals surface area (Å²) < 4.78 is 0. The molecule has 0 fully saturated rings. The second-order valence-electron chi connectivity index (χ2n) is 29.7. The molecular formula is C90H159S+. The lowest BCUT2D eigenvalue weighted by Gasteiger charge is -2.23. The van der Waals surface area contributed by atoms with Gasteiger partial charge in [-0.2, -0.15) is 0 Å². The van der Waals surface area contributed by atoms with Crippen molar-refractivity contribution in [2.45, 2.75) is 480 Å². The van der Waals surface area contributed by atoms with Crippen LogP contribution in [-0.4, -0.2) is 0 Å². The standard InChI is InChI=1S/C90H159S/c1-7-13-19-25-31-37-43-49-55-62-70-82-78-84(72-64-57-51-45-39-33-27-21-15-9-3)89(85(79-82)73-65-58-52-46-40-34-28-22-16-10-4)91(88-76-68-61-69-77-88)90-86(74-66-59-53-47-41-35-29-23-17-11-5)80-83(71-63-56-50-44-38-32-26-20-14-8-2)81-87(90)75-67-60-54-48-42-36-30-24-18-12-6/h61,68-69,76-81H,7-60,62-67,70-75H2,1-6H3/q+1. The highest BCUT2D eigenvalue weighted by Crippen LogP contribution is 2.43. The average Bonchev–Trinajstić information content (AvgIpc) is 0.810. The lowest BCUT2D eigenvalue weighted by atomic mass is 9.94. The van der Waals surface area contributed by atoms with Gasteiger partial charge in [0.15, 0.2) is 14.7 Å². The Morgan fingerprint density at radius 3 is 0.538 bits per heavy atom. The maximum Gasteiger partial charge on any atom is 0.172 e. The third kappa shape index (κ3) is 43.7. The van der Waals surface area contributed by atoms with Crippen LogP contribution < -0.4 is 0 Å². The van der Waals surface area contributed by atoms with E-state index in [-0.39, 0.29) is 10.9 Å². The summed E-state index contributed by atoms with van der Waals surface area (Å²) in [5.74, 6) is 0. The zero-order valence-corrected chi connectivity index (χ0v) is 63.6. The quantitative estimate of drug-likeness (QED) is 0.0390. The van der Waals surface area contributed by atoms with Gasteiger partial charge in [0.05, 0.1) is 0 Å². The van der Waals surface area contributed by atoms with Gasteiger partial charge in [0.2, 0.25) is 0 Å². The molecule has 91 heavy (non-hydrogen) atoms. The Bertz CT molecular complexity index is 1780. The molecule has 0 amide bonds. The summed E-state index contributed by atoms with van der Waals surface area (Å²) in [6.45, 7) is 14.1. The number of hydrogen-bond acceptors (Lipinski definition) is 0. The first-order chi connectivity index (χ1) is 45.1. The third-order valence-electron chi connectivity index (χ3n) is 20.8. The fraction of sp³-hybridized carbons (Fsp3) is 0.800. The maximum absolute atomic E-state index is 2.85. The molecule has 0 aliphatic carbocycles. The molecule has 0 heterocycles. The summed E-state index contributed by atoms with van der Waals surface area (Å²) in [5.41, 5.74) is 10.4. The minimum absolute atomic E-state index is 0.165. The van der Waals surface area contributed by atoms with Gasteiger partial charge in [-0.1, -0.05) is 431 Å². The first kappa shape index (κ1) is 83.2. The van der Waals surface area contributed by atoms with Crippen LogP contribution in [-0.2, 0) is 49.4 Å². The summed E-state index contributed by atoms with van der Waals surface area (Å²) >= 11 is 0. The van der Waals surface area contributed by atoms with Crippen LogP contribution in [0, 0.1) is 0 Å². The van der Waals surface area contributed by atoms with Crippen molar-refractivity contribution in [3.05, 3.63) is 88.0 Å². The SMILES string of the molecule is CCCCCCCCCCCCc1cc(CCCCCCCCCCCC)c([S+](c2ccccc2)c2c(CCCCCCCCCCCC)cc(CCCCCCCCCCCC)cc2CCCCCCCCCCCC)c(CCCCCCCCCCCC)c1. The Morgan fingerprint density at radius 1 is 0.187 bits per heavy atom. The van der Waals surface area contributed by atoms with Crippen LogP contribution in [0.5, 0.6) is 0 Å². The smallest absolute Gasteiger partial charge is 0.0654 e. The van der Waals surface area contributed by atoms with Crippen molar-refractivity contribution in [3.8, 4) is 0 Å². The largest absolute Gasteiger partial charge is 0.172 e. The van der Waals surface area contributed by atoms with Gasteiger partial charge in [0.1, 0.15) is 10.9 Å². The third-order valence-corrected chi connectivity index (χ3v) is 23.4. The van der Waals surface area contributed by atoms with Crippen molar-refractivity contribution in [2.24, 2.45) is 0 Å². The topological polar surface area (TPSA) is 0 Å². The Kier molecular flexibility index (Phi) is 57.4. The van der Waals surface area contributed by atoms with E-state index in [9.17, 15) is 0 Å². The summed E-state index contributed by atoms with van der Waals surface area (Å²) in [4.78, 5) is 5.18. The van der Waals surface area contributed by atoms with Crippen molar-refractivity contribution in [1.82, 2.24) is 0 Å². The minimum Gasteiger partial charge on any atom is -0.0654 e. The van der Waals surface area contributed by atoms with E-state index in [2.05, 4.69) is 96.1 Å².